The second kappa shape index (κ2) is 7.05. The van der Waals surface area contributed by atoms with Crippen molar-refractivity contribution in [3.63, 3.8) is 0 Å². The van der Waals surface area contributed by atoms with Gasteiger partial charge in [0, 0.05) is 23.4 Å². The van der Waals surface area contributed by atoms with Crippen molar-refractivity contribution in [2.75, 3.05) is 12.4 Å². The Bertz CT molecular complexity index is 1060. The molecule has 4 rings (SSSR count). The van der Waals surface area contributed by atoms with Gasteiger partial charge in [0.2, 0.25) is 0 Å². The van der Waals surface area contributed by atoms with E-state index in [9.17, 15) is 0 Å². The Kier molecular flexibility index (Phi) is 4.45. The van der Waals surface area contributed by atoms with Crippen LogP contribution in [0.25, 0.3) is 10.9 Å². The van der Waals surface area contributed by atoms with E-state index in [1.54, 1.807) is 13.4 Å². The third-order valence-electron chi connectivity index (χ3n) is 3.84. The highest BCUT2D eigenvalue weighted by Gasteiger charge is 2.12. The van der Waals surface area contributed by atoms with E-state index in [0.29, 0.717) is 0 Å². The number of hydrogen-bond acceptors (Lipinski definition) is 6. The summed E-state index contributed by atoms with van der Waals surface area (Å²) in [6.07, 6.45) is 1.56. The highest BCUT2D eigenvalue weighted by molar-refractivity contribution is 7.98. The molecule has 0 radical (unpaired) electrons. The highest BCUT2D eigenvalue weighted by atomic mass is 32.2. The van der Waals surface area contributed by atoms with Gasteiger partial charge in [0.1, 0.15) is 23.7 Å². The molecule has 0 saturated heterocycles. The molecule has 6 nitrogen and oxygen atoms in total. The van der Waals surface area contributed by atoms with E-state index in [2.05, 4.69) is 20.4 Å². The van der Waals surface area contributed by atoms with Gasteiger partial charge in [0.25, 0.3) is 0 Å². The number of nitrogens with one attached hydrogen (secondary N) is 1. The van der Waals surface area contributed by atoms with Crippen LogP contribution in [0.3, 0.4) is 0 Å². The molecule has 130 valence electrons. The maximum atomic E-state index is 5.44. The Balaban J connectivity index is 1.70. The van der Waals surface area contributed by atoms with Crippen LogP contribution < -0.4 is 10.1 Å². The average molecular weight is 363 g/mol. The molecule has 0 atom stereocenters. The maximum absolute atomic E-state index is 5.44. The fourth-order valence-corrected chi connectivity index (χ4v) is 3.58. The molecular weight excluding hydrogens is 346 g/mol. The number of aryl methyl sites for hydroxylation is 1. The number of rotatable bonds is 5. The van der Waals surface area contributed by atoms with Crippen LogP contribution in [0.5, 0.6) is 5.75 Å². The fourth-order valence-electron chi connectivity index (χ4n) is 2.65. The van der Waals surface area contributed by atoms with Crippen molar-refractivity contribution in [1.82, 2.24) is 19.2 Å². The van der Waals surface area contributed by atoms with Crippen LogP contribution >= 0.6 is 11.9 Å². The van der Waals surface area contributed by atoms with Crippen molar-refractivity contribution >= 4 is 34.5 Å². The van der Waals surface area contributed by atoms with Crippen molar-refractivity contribution in [2.24, 2.45) is 0 Å². The van der Waals surface area contributed by atoms with Crippen LogP contribution in [0.15, 0.2) is 65.8 Å². The molecule has 0 aliphatic rings. The summed E-state index contributed by atoms with van der Waals surface area (Å²) >= 11 is 1.49. The first-order chi connectivity index (χ1) is 12.7. The summed E-state index contributed by atoms with van der Waals surface area (Å²) in [7, 11) is 1.67. The highest BCUT2D eigenvalue weighted by Crippen LogP contribution is 2.33. The average Bonchev–Trinajstić information content (AvgIpc) is 3.01. The standard InChI is InChI=1S/C19H17N5OS/c1-13-11-18(22-19-14-7-3-4-8-15(14)20-12-21-19)24(23-13)26-17-10-6-5-9-16(17)25-2/h3-12H,1-2H3,(H,20,21,22). The minimum absolute atomic E-state index is 0.748. The molecule has 2 aromatic heterocycles. The zero-order valence-electron chi connectivity index (χ0n) is 14.4. The Labute approximate surface area is 155 Å². The molecule has 7 heteroatoms. The van der Waals surface area contributed by atoms with Crippen molar-refractivity contribution in [3.8, 4) is 5.75 Å². The second-order valence-corrected chi connectivity index (χ2v) is 6.62. The lowest BCUT2D eigenvalue weighted by molar-refractivity contribution is 0.404. The van der Waals surface area contributed by atoms with E-state index in [1.807, 2.05) is 65.6 Å². The number of fused-ring (bicyclic) bond motifs is 1. The predicted octanol–water partition coefficient (Wildman–Crippen LogP) is 4.44. The first kappa shape index (κ1) is 16.4. The molecule has 0 aliphatic carbocycles. The van der Waals surface area contributed by atoms with Gasteiger partial charge in [0.15, 0.2) is 0 Å². The summed E-state index contributed by atoms with van der Waals surface area (Å²) in [5, 5.41) is 8.92. The lowest BCUT2D eigenvalue weighted by Crippen LogP contribution is -2.01. The van der Waals surface area contributed by atoms with Crippen LogP contribution in [0.4, 0.5) is 11.6 Å². The Morgan fingerprint density at radius 1 is 1.04 bits per heavy atom. The summed E-state index contributed by atoms with van der Waals surface area (Å²) < 4.78 is 7.27. The summed E-state index contributed by atoms with van der Waals surface area (Å²) in [5.41, 5.74) is 1.80. The normalized spacial score (nSPS) is 10.8. The van der Waals surface area contributed by atoms with Gasteiger partial charge in [-0.1, -0.05) is 24.3 Å². The SMILES string of the molecule is COc1ccccc1Sn1nc(C)cc1Nc1ncnc2ccccc12. The Morgan fingerprint density at radius 2 is 1.85 bits per heavy atom. The predicted molar refractivity (Wildman–Crippen MR) is 104 cm³/mol. The maximum Gasteiger partial charge on any atom is 0.142 e. The van der Waals surface area contributed by atoms with Crippen molar-refractivity contribution in [3.05, 3.63) is 66.6 Å². The molecule has 0 bridgehead atoms. The van der Waals surface area contributed by atoms with Crippen LogP contribution in [0.1, 0.15) is 5.69 Å². The minimum Gasteiger partial charge on any atom is -0.496 e. The van der Waals surface area contributed by atoms with Gasteiger partial charge in [-0.05, 0) is 31.2 Å². The quantitative estimate of drug-likeness (QED) is 0.565. The summed E-state index contributed by atoms with van der Waals surface area (Å²) in [4.78, 5) is 9.68. The molecule has 1 N–H and O–H groups in total. The lowest BCUT2D eigenvalue weighted by atomic mass is 10.2. The van der Waals surface area contributed by atoms with E-state index in [-0.39, 0.29) is 0 Å². The number of benzene rings is 2. The van der Waals surface area contributed by atoms with Crippen molar-refractivity contribution < 1.29 is 4.74 Å². The largest absolute Gasteiger partial charge is 0.496 e. The van der Waals surface area contributed by atoms with Crippen molar-refractivity contribution in [1.29, 1.82) is 0 Å². The molecule has 0 unspecified atom stereocenters. The Hall–Kier alpha value is -3.06. The number of para-hydroxylation sites is 2. The van der Waals surface area contributed by atoms with E-state index >= 15 is 0 Å². The fraction of sp³-hybridized carbons (Fsp3) is 0.105. The molecule has 0 fully saturated rings. The Morgan fingerprint density at radius 3 is 2.73 bits per heavy atom. The number of ether oxygens (including phenoxy) is 1. The summed E-state index contributed by atoms with van der Waals surface area (Å²) in [5.74, 6) is 2.39. The first-order valence-electron chi connectivity index (χ1n) is 8.09. The van der Waals surface area contributed by atoms with Crippen LogP contribution in [0.2, 0.25) is 0 Å². The van der Waals surface area contributed by atoms with E-state index in [0.717, 1.165) is 38.9 Å². The van der Waals surface area contributed by atoms with Crippen LogP contribution in [0, 0.1) is 6.92 Å². The topological polar surface area (TPSA) is 64.9 Å². The summed E-state index contributed by atoms with van der Waals surface area (Å²) in [6.45, 7) is 1.96. The van der Waals surface area contributed by atoms with Gasteiger partial charge < -0.3 is 10.1 Å². The third kappa shape index (κ3) is 3.21. The number of hydrogen-bond donors (Lipinski definition) is 1. The van der Waals surface area contributed by atoms with Gasteiger partial charge in [-0.15, -0.1) is 0 Å². The van der Waals surface area contributed by atoms with Gasteiger partial charge in [-0.3, -0.25) is 0 Å². The molecule has 0 aliphatic heterocycles. The number of anilines is 2. The molecule has 2 heterocycles. The minimum atomic E-state index is 0.748. The van der Waals surface area contributed by atoms with Crippen molar-refractivity contribution in [2.45, 2.75) is 11.8 Å². The number of methoxy groups -OCH3 is 1. The van der Waals surface area contributed by atoms with E-state index in [1.165, 1.54) is 11.9 Å². The number of nitrogens with zero attached hydrogens (tertiary/aromatic N) is 4. The monoisotopic (exact) mass is 363 g/mol. The van der Waals surface area contributed by atoms with Gasteiger partial charge in [-0.2, -0.15) is 9.19 Å². The first-order valence-corrected chi connectivity index (χ1v) is 8.87. The van der Waals surface area contributed by atoms with Gasteiger partial charge in [-0.25, -0.2) is 9.97 Å². The van der Waals surface area contributed by atoms with E-state index in [4.69, 9.17) is 4.74 Å². The molecule has 2 aromatic carbocycles. The smallest absolute Gasteiger partial charge is 0.142 e. The summed E-state index contributed by atoms with van der Waals surface area (Å²) in [6, 6.07) is 17.8. The zero-order chi connectivity index (χ0) is 17.9. The van der Waals surface area contributed by atoms with Gasteiger partial charge in [0.05, 0.1) is 23.2 Å². The molecule has 0 amide bonds. The van der Waals surface area contributed by atoms with Crippen LogP contribution in [-0.4, -0.2) is 26.3 Å². The van der Waals surface area contributed by atoms with Gasteiger partial charge >= 0.3 is 0 Å². The number of aromatic nitrogens is 4. The third-order valence-corrected chi connectivity index (χ3v) is 4.83. The molecule has 0 saturated carbocycles. The zero-order valence-corrected chi connectivity index (χ0v) is 15.2. The molecule has 26 heavy (non-hydrogen) atoms. The van der Waals surface area contributed by atoms with E-state index < -0.39 is 0 Å². The molecule has 0 spiro atoms. The lowest BCUT2D eigenvalue weighted by Gasteiger charge is -2.11. The van der Waals surface area contributed by atoms with Crippen LogP contribution in [-0.2, 0) is 0 Å². The second-order valence-electron chi connectivity index (χ2n) is 5.65. The molecule has 4 aromatic rings. The molecular formula is C19H17N5OS.